The fourth-order valence-corrected chi connectivity index (χ4v) is 3.65. The molecule has 1 saturated heterocycles. The van der Waals surface area contributed by atoms with Gasteiger partial charge in [0.05, 0.1) is 11.0 Å². The number of benzene rings is 1. The van der Waals surface area contributed by atoms with Crippen LogP contribution >= 0.6 is 0 Å². The van der Waals surface area contributed by atoms with Crippen LogP contribution in [0.5, 0.6) is 5.75 Å². The van der Waals surface area contributed by atoms with Crippen molar-refractivity contribution < 1.29 is 13.2 Å². The molecule has 0 amide bonds. The van der Waals surface area contributed by atoms with Gasteiger partial charge >= 0.3 is 0 Å². The summed E-state index contributed by atoms with van der Waals surface area (Å²) in [5.74, 6) is 0.691. The van der Waals surface area contributed by atoms with Gasteiger partial charge in [0.1, 0.15) is 5.75 Å². The first-order chi connectivity index (χ1) is 9.50. The SMILES string of the molecule is CC(C)Oc1ccc(S(=O)(=O)N2CCCNCC2)cc1. The highest BCUT2D eigenvalue weighted by molar-refractivity contribution is 7.89. The first kappa shape index (κ1) is 15.3. The first-order valence-corrected chi connectivity index (χ1v) is 8.42. The fourth-order valence-electron chi connectivity index (χ4n) is 2.17. The van der Waals surface area contributed by atoms with E-state index in [1.54, 1.807) is 28.6 Å². The average Bonchev–Trinajstić information content (AvgIpc) is 2.68. The molecule has 5 nitrogen and oxygen atoms in total. The van der Waals surface area contributed by atoms with Crippen LogP contribution in [0.4, 0.5) is 0 Å². The molecule has 1 N–H and O–H groups in total. The predicted molar refractivity (Wildman–Crippen MR) is 78.5 cm³/mol. The Morgan fingerprint density at radius 3 is 2.50 bits per heavy atom. The van der Waals surface area contributed by atoms with Crippen molar-refractivity contribution in [1.29, 1.82) is 0 Å². The lowest BCUT2D eigenvalue weighted by molar-refractivity contribution is 0.242. The van der Waals surface area contributed by atoms with Gasteiger partial charge in [0.25, 0.3) is 0 Å². The van der Waals surface area contributed by atoms with Crippen molar-refractivity contribution in [1.82, 2.24) is 9.62 Å². The Balaban J connectivity index is 2.16. The Kier molecular flexibility index (Phi) is 5.01. The van der Waals surface area contributed by atoms with Crippen LogP contribution in [0.3, 0.4) is 0 Å². The minimum absolute atomic E-state index is 0.0779. The Morgan fingerprint density at radius 2 is 1.85 bits per heavy atom. The summed E-state index contributed by atoms with van der Waals surface area (Å²) >= 11 is 0. The zero-order valence-electron chi connectivity index (χ0n) is 12.0. The smallest absolute Gasteiger partial charge is 0.243 e. The molecule has 20 heavy (non-hydrogen) atoms. The van der Waals surface area contributed by atoms with Crippen LogP contribution in [0.2, 0.25) is 0 Å². The topological polar surface area (TPSA) is 58.6 Å². The van der Waals surface area contributed by atoms with Crippen LogP contribution in [0.25, 0.3) is 0 Å². The minimum atomic E-state index is -3.39. The number of nitrogens with one attached hydrogen (secondary N) is 1. The standard InChI is InChI=1S/C14H22N2O3S/c1-12(2)19-13-4-6-14(7-5-13)20(17,18)16-10-3-8-15-9-11-16/h4-7,12,15H,3,8-11H2,1-2H3. The van der Waals surface area contributed by atoms with E-state index in [2.05, 4.69) is 5.32 Å². The van der Waals surface area contributed by atoms with Gasteiger partial charge in [0, 0.05) is 19.6 Å². The number of ether oxygens (including phenoxy) is 1. The molecule has 0 bridgehead atoms. The molecule has 1 aromatic carbocycles. The molecule has 1 aliphatic rings. The summed E-state index contributed by atoms with van der Waals surface area (Å²) in [5.41, 5.74) is 0. The Labute approximate surface area is 121 Å². The monoisotopic (exact) mass is 298 g/mol. The summed E-state index contributed by atoms with van der Waals surface area (Å²) in [5, 5.41) is 3.21. The van der Waals surface area contributed by atoms with Gasteiger partial charge in [-0.1, -0.05) is 0 Å². The van der Waals surface area contributed by atoms with Crippen LogP contribution < -0.4 is 10.1 Å². The Morgan fingerprint density at radius 1 is 1.15 bits per heavy atom. The van der Waals surface area contributed by atoms with Crippen LogP contribution in [-0.2, 0) is 10.0 Å². The van der Waals surface area contributed by atoms with Crippen LogP contribution in [0, 0.1) is 0 Å². The Bertz CT molecular complexity index is 518. The summed E-state index contributed by atoms with van der Waals surface area (Å²) in [7, 11) is -3.39. The van der Waals surface area contributed by atoms with Crippen molar-refractivity contribution in [2.24, 2.45) is 0 Å². The molecule has 0 atom stereocenters. The lowest BCUT2D eigenvalue weighted by Gasteiger charge is -2.19. The van der Waals surface area contributed by atoms with E-state index in [1.807, 2.05) is 13.8 Å². The van der Waals surface area contributed by atoms with Crippen molar-refractivity contribution >= 4 is 10.0 Å². The third-order valence-electron chi connectivity index (χ3n) is 3.13. The summed E-state index contributed by atoms with van der Waals surface area (Å²) in [4.78, 5) is 0.329. The van der Waals surface area contributed by atoms with E-state index < -0.39 is 10.0 Å². The average molecular weight is 298 g/mol. The normalized spacial score (nSPS) is 17.9. The van der Waals surface area contributed by atoms with Crippen LogP contribution in [0.15, 0.2) is 29.2 Å². The molecule has 0 saturated carbocycles. The van der Waals surface area contributed by atoms with Crippen molar-refractivity contribution in [2.75, 3.05) is 26.2 Å². The highest BCUT2D eigenvalue weighted by Gasteiger charge is 2.24. The lowest BCUT2D eigenvalue weighted by Crippen LogP contribution is -2.34. The second-order valence-corrected chi connectivity index (χ2v) is 7.08. The number of hydrogen-bond acceptors (Lipinski definition) is 4. The number of nitrogens with zero attached hydrogens (tertiary/aromatic N) is 1. The van der Waals surface area contributed by atoms with E-state index in [4.69, 9.17) is 4.74 Å². The maximum Gasteiger partial charge on any atom is 0.243 e. The highest BCUT2D eigenvalue weighted by atomic mass is 32.2. The van der Waals surface area contributed by atoms with Gasteiger partial charge in [-0.05, 0) is 51.1 Å². The van der Waals surface area contributed by atoms with Crippen LogP contribution in [0.1, 0.15) is 20.3 Å². The van der Waals surface area contributed by atoms with E-state index in [-0.39, 0.29) is 6.10 Å². The number of hydrogen-bond donors (Lipinski definition) is 1. The van der Waals surface area contributed by atoms with E-state index in [0.29, 0.717) is 30.3 Å². The van der Waals surface area contributed by atoms with Gasteiger partial charge in [0.15, 0.2) is 0 Å². The molecule has 2 rings (SSSR count). The van der Waals surface area contributed by atoms with Crippen molar-refractivity contribution in [3.63, 3.8) is 0 Å². The van der Waals surface area contributed by atoms with Gasteiger partial charge in [-0.15, -0.1) is 0 Å². The molecule has 6 heteroatoms. The third kappa shape index (κ3) is 3.71. The van der Waals surface area contributed by atoms with Crippen molar-refractivity contribution in [3.8, 4) is 5.75 Å². The Hall–Kier alpha value is -1.11. The summed E-state index contributed by atoms with van der Waals surface area (Å²) < 4.78 is 32.1. The lowest BCUT2D eigenvalue weighted by atomic mass is 10.3. The van der Waals surface area contributed by atoms with Gasteiger partial charge in [-0.25, -0.2) is 8.42 Å². The number of sulfonamides is 1. The first-order valence-electron chi connectivity index (χ1n) is 6.98. The molecular weight excluding hydrogens is 276 g/mol. The predicted octanol–water partition coefficient (Wildman–Crippen LogP) is 1.46. The quantitative estimate of drug-likeness (QED) is 0.914. The summed E-state index contributed by atoms with van der Waals surface area (Å²) in [6.07, 6.45) is 0.919. The molecule has 0 aromatic heterocycles. The van der Waals surface area contributed by atoms with E-state index in [9.17, 15) is 8.42 Å². The van der Waals surface area contributed by atoms with Crippen LogP contribution in [-0.4, -0.2) is 45.0 Å². The molecule has 1 aliphatic heterocycles. The third-order valence-corrected chi connectivity index (χ3v) is 5.05. The summed E-state index contributed by atoms with van der Waals surface area (Å²) in [6.45, 7) is 6.54. The maximum absolute atomic E-state index is 12.5. The second kappa shape index (κ2) is 6.56. The second-order valence-electron chi connectivity index (χ2n) is 5.15. The molecule has 0 spiro atoms. The highest BCUT2D eigenvalue weighted by Crippen LogP contribution is 2.20. The van der Waals surface area contributed by atoms with Crippen molar-refractivity contribution in [2.45, 2.75) is 31.3 Å². The molecular formula is C14H22N2O3S. The molecule has 0 radical (unpaired) electrons. The molecule has 1 fully saturated rings. The largest absolute Gasteiger partial charge is 0.491 e. The molecule has 0 unspecified atom stereocenters. The van der Waals surface area contributed by atoms with Gasteiger partial charge in [-0.2, -0.15) is 4.31 Å². The zero-order valence-corrected chi connectivity index (χ0v) is 12.8. The van der Waals surface area contributed by atoms with E-state index >= 15 is 0 Å². The fraction of sp³-hybridized carbons (Fsp3) is 0.571. The van der Waals surface area contributed by atoms with Gasteiger partial charge < -0.3 is 10.1 Å². The van der Waals surface area contributed by atoms with E-state index in [0.717, 1.165) is 13.0 Å². The van der Waals surface area contributed by atoms with Gasteiger partial charge in [0.2, 0.25) is 10.0 Å². The van der Waals surface area contributed by atoms with Gasteiger partial charge in [-0.3, -0.25) is 0 Å². The zero-order chi connectivity index (χ0) is 14.6. The molecule has 112 valence electrons. The van der Waals surface area contributed by atoms with Crippen molar-refractivity contribution in [3.05, 3.63) is 24.3 Å². The minimum Gasteiger partial charge on any atom is -0.491 e. The maximum atomic E-state index is 12.5. The summed E-state index contributed by atoms with van der Waals surface area (Å²) in [6, 6.07) is 6.66. The molecule has 1 aromatic rings. The number of rotatable bonds is 4. The molecule has 0 aliphatic carbocycles. The van der Waals surface area contributed by atoms with E-state index in [1.165, 1.54) is 0 Å². The molecule has 1 heterocycles.